The Morgan fingerprint density at radius 3 is 2.47 bits per heavy atom. The first-order valence-corrected chi connectivity index (χ1v) is 5.54. The molecule has 1 atom stereocenters. The predicted octanol–water partition coefficient (Wildman–Crippen LogP) is 2.88. The fourth-order valence-electron chi connectivity index (χ4n) is 1.97. The van der Waals surface area contributed by atoms with E-state index in [9.17, 15) is 4.79 Å². The van der Waals surface area contributed by atoms with Crippen LogP contribution in [0.1, 0.15) is 31.7 Å². The zero-order valence-corrected chi connectivity index (χ0v) is 10.4. The second kappa shape index (κ2) is 5.49. The van der Waals surface area contributed by atoms with Crippen molar-refractivity contribution in [3.8, 4) is 6.07 Å². The zero-order valence-electron chi connectivity index (χ0n) is 10.4. The molecule has 0 bridgehead atoms. The lowest BCUT2D eigenvalue weighted by Gasteiger charge is -2.30. The van der Waals surface area contributed by atoms with Crippen LogP contribution in [0.3, 0.4) is 0 Å². The molecule has 3 nitrogen and oxygen atoms in total. The number of hydrogen-bond acceptors (Lipinski definition) is 3. The number of hydrogen-bond donors (Lipinski definition) is 0. The Balaban J connectivity index is 3.10. The van der Waals surface area contributed by atoms with Crippen LogP contribution in [-0.2, 0) is 9.53 Å². The molecule has 90 valence electrons. The quantitative estimate of drug-likeness (QED) is 0.749. The van der Waals surface area contributed by atoms with Crippen LogP contribution in [-0.4, -0.2) is 13.1 Å². The smallest absolute Gasteiger partial charge is 0.311 e. The average Bonchev–Trinajstić information content (AvgIpc) is 2.35. The number of benzene rings is 1. The molecule has 0 fully saturated rings. The normalized spacial score (nSPS) is 12.6. The molecule has 17 heavy (non-hydrogen) atoms. The van der Waals surface area contributed by atoms with Crippen molar-refractivity contribution < 1.29 is 9.53 Å². The van der Waals surface area contributed by atoms with Crippen LogP contribution in [0.25, 0.3) is 0 Å². The van der Waals surface area contributed by atoms with Crippen LogP contribution < -0.4 is 0 Å². The standard InChI is InChI=1S/C14H17NO2/c1-14(2,13(16)17-3)12(9-10-15)11-7-5-4-6-8-11/h4-8,12H,9H2,1-3H3. The molecular formula is C14H17NO2. The van der Waals surface area contributed by atoms with Gasteiger partial charge in [0.1, 0.15) is 0 Å². The fourth-order valence-corrected chi connectivity index (χ4v) is 1.97. The van der Waals surface area contributed by atoms with E-state index in [1.165, 1.54) is 7.11 Å². The average molecular weight is 231 g/mol. The van der Waals surface area contributed by atoms with Crippen LogP contribution in [0, 0.1) is 16.7 Å². The van der Waals surface area contributed by atoms with Crippen molar-refractivity contribution in [3.05, 3.63) is 35.9 Å². The minimum atomic E-state index is -0.703. The maximum absolute atomic E-state index is 11.8. The van der Waals surface area contributed by atoms with E-state index in [-0.39, 0.29) is 11.9 Å². The van der Waals surface area contributed by atoms with Gasteiger partial charge in [-0.15, -0.1) is 0 Å². The van der Waals surface area contributed by atoms with E-state index in [4.69, 9.17) is 10.00 Å². The first-order valence-electron chi connectivity index (χ1n) is 5.54. The fraction of sp³-hybridized carbons (Fsp3) is 0.429. The summed E-state index contributed by atoms with van der Waals surface area (Å²) < 4.78 is 4.82. The summed E-state index contributed by atoms with van der Waals surface area (Å²) in [6, 6.07) is 11.8. The molecule has 1 rings (SSSR count). The molecule has 0 aromatic heterocycles. The van der Waals surface area contributed by atoms with Gasteiger partial charge in [-0.05, 0) is 19.4 Å². The Labute approximate surface area is 102 Å². The van der Waals surface area contributed by atoms with Crippen molar-refractivity contribution in [2.75, 3.05) is 7.11 Å². The topological polar surface area (TPSA) is 50.1 Å². The highest BCUT2D eigenvalue weighted by Gasteiger charge is 2.38. The number of ether oxygens (including phenoxy) is 1. The Morgan fingerprint density at radius 2 is 2.00 bits per heavy atom. The molecule has 1 unspecified atom stereocenters. The molecule has 0 amide bonds. The highest BCUT2D eigenvalue weighted by molar-refractivity contribution is 5.77. The summed E-state index contributed by atoms with van der Waals surface area (Å²) in [5, 5.41) is 8.91. The summed E-state index contributed by atoms with van der Waals surface area (Å²) in [5.74, 6) is -0.442. The van der Waals surface area contributed by atoms with Gasteiger partial charge in [0.25, 0.3) is 0 Å². The van der Waals surface area contributed by atoms with Crippen LogP contribution in [0.2, 0.25) is 0 Å². The lowest BCUT2D eigenvalue weighted by atomic mass is 9.73. The second-order valence-electron chi connectivity index (χ2n) is 4.54. The number of nitriles is 1. The molecule has 1 aromatic carbocycles. The van der Waals surface area contributed by atoms with Gasteiger partial charge in [-0.1, -0.05) is 30.3 Å². The van der Waals surface area contributed by atoms with Crippen molar-refractivity contribution in [2.24, 2.45) is 5.41 Å². The SMILES string of the molecule is COC(=O)C(C)(C)C(CC#N)c1ccccc1. The number of esters is 1. The van der Waals surface area contributed by atoms with Gasteiger partial charge in [-0.2, -0.15) is 5.26 Å². The van der Waals surface area contributed by atoms with E-state index >= 15 is 0 Å². The van der Waals surface area contributed by atoms with Crippen LogP contribution in [0.15, 0.2) is 30.3 Å². The molecule has 0 aliphatic heterocycles. The molecule has 0 N–H and O–H groups in total. The monoisotopic (exact) mass is 231 g/mol. The number of methoxy groups -OCH3 is 1. The van der Waals surface area contributed by atoms with Crippen molar-refractivity contribution >= 4 is 5.97 Å². The first kappa shape index (κ1) is 13.2. The summed E-state index contributed by atoms with van der Waals surface area (Å²) in [4.78, 5) is 11.8. The predicted molar refractivity (Wildman–Crippen MR) is 65.2 cm³/mol. The third-order valence-electron chi connectivity index (χ3n) is 3.08. The first-order chi connectivity index (χ1) is 8.04. The molecule has 1 aromatic rings. The van der Waals surface area contributed by atoms with E-state index in [0.29, 0.717) is 6.42 Å². The van der Waals surface area contributed by atoms with Crippen LogP contribution >= 0.6 is 0 Å². The lowest BCUT2D eigenvalue weighted by Crippen LogP contribution is -2.32. The minimum Gasteiger partial charge on any atom is -0.469 e. The molecule has 0 radical (unpaired) electrons. The summed E-state index contributed by atoms with van der Waals surface area (Å²) in [5.41, 5.74) is 0.288. The highest BCUT2D eigenvalue weighted by atomic mass is 16.5. The zero-order chi connectivity index (χ0) is 12.9. The third kappa shape index (κ3) is 2.85. The summed E-state index contributed by atoms with van der Waals surface area (Å²) in [7, 11) is 1.37. The van der Waals surface area contributed by atoms with Gasteiger partial charge in [0.15, 0.2) is 0 Å². The van der Waals surface area contributed by atoms with Crippen molar-refractivity contribution in [1.29, 1.82) is 5.26 Å². The molecule has 3 heteroatoms. The summed E-state index contributed by atoms with van der Waals surface area (Å²) in [6.07, 6.45) is 0.298. The van der Waals surface area contributed by atoms with E-state index in [1.54, 1.807) is 0 Å². The largest absolute Gasteiger partial charge is 0.469 e. The van der Waals surface area contributed by atoms with Crippen molar-refractivity contribution in [1.82, 2.24) is 0 Å². The Hall–Kier alpha value is -1.82. The van der Waals surface area contributed by atoms with Gasteiger partial charge >= 0.3 is 5.97 Å². The molecule has 0 aliphatic carbocycles. The molecule has 0 aliphatic rings. The molecule has 0 heterocycles. The Kier molecular flexibility index (Phi) is 4.28. The maximum atomic E-state index is 11.8. The van der Waals surface area contributed by atoms with Crippen molar-refractivity contribution in [2.45, 2.75) is 26.2 Å². The van der Waals surface area contributed by atoms with Gasteiger partial charge in [0.2, 0.25) is 0 Å². The van der Waals surface area contributed by atoms with E-state index in [2.05, 4.69) is 6.07 Å². The van der Waals surface area contributed by atoms with E-state index < -0.39 is 5.41 Å². The van der Waals surface area contributed by atoms with Gasteiger partial charge in [0.05, 0.1) is 18.6 Å². The molecular weight excluding hydrogens is 214 g/mol. The molecule has 0 saturated heterocycles. The van der Waals surface area contributed by atoms with Crippen LogP contribution in [0.4, 0.5) is 0 Å². The second-order valence-corrected chi connectivity index (χ2v) is 4.54. The summed E-state index contributed by atoms with van der Waals surface area (Å²) >= 11 is 0. The molecule has 0 spiro atoms. The Bertz CT molecular complexity index is 418. The van der Waals surface area contributed by atoms with Gasteiger partial charge in [-0.25, -0.2) is 0 Å². The third-order valence-corrected chi connectivity index (χ3v) is 3.08. The van der Waals surface area contributed by atoms with Gasteiger partial charge < -0.3 is 4.74 Å². The van der Waals surface area contributed by atoms with E-state index in [1.807, 2.05) is 44.2 Å². The minimum absolute atomic E-state index is 0.152. The maximum Gasteiger partial charge on any atom is 0.311 e. The van der Waals surface area contributed by atoms with Gasteiger partial charge in [-0.3, -0.25) is 4.79 Å². The highest BCUT2D eigenvalue weighted by Crippen LogP contribution is 2.38. The van der Waals surface area contributed by atoms with Crippen LogP contribution in [0.5, 0.6) is 0 Å². The lowest BCUT2D eigenvalue weighted by molar-refractivity contribution is -0.152. The van der Waals surface area contributed by atoms with E-state index in [0.717, 1.165) is 5.56 Å². The van der Waals surface area contributed by atoms with Gasteiger partial charge in [0, 0.05) is 12.3 Å². The number of carbonyl (C=O) groups is 1. The number of rotatable bonds is 4. The number of nitrogens with zero attached hydrogens (tertiary/aromatic N) is 1. The summed E-state index contributed by atoms with van der Waals surface area (Å²) in [6.45, 7) is 3.63. The Morgan fingerprint density at radius 1 is 1.41 bits per heavy atom. The van der Waals surface area contributed by atoms with Crippen molar-refractivity contribution in [3.63, 3.8) is 0 Å². The number of carbonyl (C=O) groups excluding carboxylic acids is 1. The molecule has 0 saturated carbocycles.